The molecule has 0 fully saturated rings. The van der Waals surface area contributed by atoms with E-state index in [2.05, 4.69) is 6.92 Å². The average molecular weight is 234 g/mol. The molecule has 1 aromatic rings. The number of hydrogen-bond donors (Lipinski definition) is 0. The van der Waals surface area contributed by atoms with E-state index < -0.39 is 0 Å². The number of halogens is 1. The maximum absolute atomic E-state index is 14.4. The average Bonchev–Trinajstić information content (AvgIpc) is 2.47. The van der Waals surface area contributed by atoms with E-state index in [0.29, 0.717) is 5.75 Å². The summed E-state index contributed by atoms with van der Waals surface area (Å²) in [4.78, 5) is 0. The van der Waals surface area contributed by atoms with Gasteiger partial charge in [0.05, 0.1) is 0 Å². The molecule has 0 atom stereocenters. The van der Waals surface area contributed by atoms with Gasteiger partial charge in [-0.3, -0.25) is 0 Å². The first kappa shape index (κ1) is 12.2. The monoisotopic (exact) mass is 234 g/mol. The predicted octanol–water partition coefficient (Wildman–Crippen LogP) is 4.35. The first-order valence-electron chi connectivity index (χ1n) is 5.97. The lowest BCUT2D eigenvalue weighted by Gasteiger charge is -2.22. The summed E-state index contributed by atoms with van der Waals surface area (Å²) >= 11 is 0. The predicted molar refractivity (Wildman–Crippen MR) is 68.8 cm³/mol. The zero-order valence-corrected chi connectivity index (χ0v) is 11.1. The highest BCUT2D eigenvalue weighted by Gasteiger charge is 2.24. The molecule has 0 N–H and O–H groups in total. The zero-order valence-electron chi connectivity index (χ0n) is 11.1. The van der Waals surface area contributed by atoms with Gasteiger partial charge in [-0.05, 0) is 58.2 Å². The fourth-order valence-corrected chi connectivity index (χ4v) is 2.19. The van der Waals surface area contributed by atoms with Gasteiger partial charge in [0.25, 0.3) is 0 Å². The second-order valence-corrected chi connectivity index (χ2v) is 5.71. The molecule has 2 heteroatoms. The van der Waals surface area contributed by atoms with Gasteiger partial charge in [0.15, 0.2) is 11.6 Å². The molecule has 0 bridgehead atoms. The fourth-order valence-electron chi connectivity index (χ4n) is 2.19. The van der Waals surface area contributed by atoms with E-state index in [-0.39, 0.29) is 11.4 Å². The molecular weight excluding hydrogens is 215 g/mol. The summed E-state index contributed by atoms with van der Waals surface area (Å²) in [5, 5.41) is 0. The molecule has 0 aliphatic heterocycles. The number of ether oxygens (including phenoxy) is 1. The topological polar surface area (TPSA) is 9.23 Å². The van der Waals surface area contributed by atoms with Crippen LogP contribution in [-0.2, 0) is 6.42 Å². The largest absolute Gasteiger partial charge is 0.485 e. The highest BCUT2D eigenvalue weighted by atomic mass is 19.1. The number of rotatable bonds is 1. The van der Waals surface area contributed by atoms with Crippen LogP contribution in [0.1, 0.15) is 45.7 Å². The number of hydrogen-bond acceptors (Lipinski definition) is 1. The van der Waals surface area contributed by atoms with Crippen molar-refractivity contribution in [3.63, 3.8) is 0 Å². The van der Waals surface area contributed by atoms with Crippen LogP contribution in [-0.4, -0.2) is 5.60 Å². The summed E-state index contributed by atoms with van der Waals surface area (Å²) in [6.07, 6.45) is 0.855. The van der Waals surface area contributed by atoms with Gasteiger partial charge in [-0.15, -0.1) is 0 Å². The van der Waals surface area contributed by atoms with Crippen LogP contribution < -0.4 is 4.74 Å². The number of benzene rings is 1. The van der Waals surface area contributed by atoms with Crippen LogP contribution >= 0.6 is 0 Å². The Morgan fingerprint density at radius 1 is 1.18 bits per heavy atom. The Kier molecular flexibility index (Phi) is 2.76. The van der Waals surface area contributed by atoms with Crippen molar-refractivity contribution in [2.24, 2.45) is 0 Å². The highest BCUT2D eigenvalue weighted by molar-refractivity contribution is 5.76. The smallest absolute Gasteiger partial charge is 0.172 e. The molecule has 0 amide bonds. The molecule has 0 heterocycles. The van der Waals surface area contributed by atoms with E-state index in [1.807, 2.05) is 33.8 Å². The molecular formula is C15H19FO. The van der Waals surface area contributed by atoms with Crippen LogP contribution in [0.2, 0.25) is 0 Å². The lowest BCUT2D eigenvalue weighted by atomic mass is 10.0. The molecule has 0 unspecified atom stereocenters. The van der Waals surface area contributed by atoms with E-state index >= 15 is 0 Å². The van der Waals surface area contributed by atoms with Crippen LogP contribution in [0, 0.1) is 5.82 Å². The third-order valence-corrected chi connectivity index (χ3v) is 3.08. The Morgan fingerprint density at radius 3 is 2.41 bits per heavy atom. The molecule has 0 saturated carbocycles. The number of allylic oxidation sites excluding steroid dienone is 2. The van der Waals surface area contributed by atoms with Crippen molar-refractivity contribution in [3.05, 3.63) is 34.6 Å². The summed E-state index contributed by atoms with van der Waals surface area (Å²) in [5.74, 6) is 0.136. The Hall–Kier alpha value is -1.31. The van der Waals surface area contributed by atoms with Crippen LogP contribution in [0.25, 0.3) is 5.57 Å². The third kappa shape index (κ3) is 2.21. The minimum Gasteiger partial charge on any atom is -0.485 e. The van der Waals surface area contributed by atoms with E-state index in [9.17, 15) is 4.39 Å². The van der Waals surface area contributed by atoms with Gasteiger partial charge in [-0.2, -0.15) is 0 Å². The van der Waals surface area contributed by atoms with Crippen molar-refractivity contribution in [1.29, 1.82) is 0 Å². The van der Waals surface area contributed by atoms with Gasteiger partial charge >= 0.3 is 0 Å². The van der Waals surface area contributed by atoms with Crippen LogP contribution in [0.15, 0.2) is 17.7 Å². The maximum atomic E-state index is 14.4. The zero-order chi connectivity index (χ0) is 12.8. The second kappa shape index (κ2) is 3.86. The normalized spacial score (nSPS) is 15.2. The standard InChI is InChI=1S/C15H19FO/c1-9-8-11-6-7-12(17-15(3,4)5)14(16)13(11)10(9)2/h6-7H,8H2,1-5H3. The van der Waals surface area contributed by atoms with Crippen LogP contribution in [0.4, 0.5) is 4.39 Å². The van der Waals surface area contributed by atoms with Gasteiger partial charge in [-0.1, -0.05) is 11.6 Å². The Morgan fingerprint density at radius 2 is 1.82 bits per heavy atom. The molecule has 1 aliphatic rings. The van der Waals surface area contributed by atoms with Crippen molar-refractivity contribution < 1.29 is 9.13 Å². The molecule has 0 spiro atoms. The first-order valence-corrected chi connectivity index (χ1v) is 5.97. The summed E-state index contributed by atoms with van der Waals surface area (Å²) in [6, 6.07) is 3.71. The molecule has 1 nitrogen and oxygen atoms in total. The third-order valence-electron chi connectivity index (χ3n) is 3.08. The van der Waals surface area contributed by atoms with Crippen LogP contribution in [0.3, 0.4) is 0 Å². The van der Waals surface area contributed by atoms with Gasteiger partial charge in [0, 0.05) is 5.56 Å². The van der Waals surface area contributed by atoms with Gasteiger partial charge in [0.2, 0.25) is 0 Å². The van der Waals surface area contributed by atoms with E-state index in [1.165, 1.54) is 5.57 Å². The quantitative estimate of drug-likeness (QED) is 0.701. The van der Waals surface area contributed by atoms with Crippen molar-refractivity contribution in [3.8, 4) is 5.75 Å². The van der Waals surface area contributed by atoms with E-state index in [4.69, 9.17) is 4.74 Å². The molecule has 0 aromatic heterocycles. The second-order valence-electron chi connectivity index (χ2n) is 5.71. The summed E-state index contributed by atoms with van der Waals surface area (Å²) in [7, 11) is 0. The lowest BCUT2D eigenvalue weighted by molar-refractivity contribution is 0.124. The van der Waals surface area contributed by atoms with Crippen molar-refractivity contribution >= 4 is 5.57 Å². The molecule has 1 aromatic carbocycles. The number of fused-ring (bicyclic) bond motifs is 1. The lowest BCUT2D eigenvalue weighted by Crippen LogP contribution is -2.23. The van der Waals surface area contributed by atoms with Crippen LogP contribution in [0.5, 0.6) is 5.75 Å². The Bertz CT molecular complexity index is 492. The van der Waals surface area contributed by atoms with Gasteiger partial charge in [0.1, 0.15) is 5.60 Å². The molecule has 2 rings (SSSR count). The Balaban J connectivity index is 2.47. The molecule has 17 heavy (non-hydrogen) atoms. The molecule has 1 aliphatic carbocycles. The fraction of sp³-hybridized carbons (Fsp3) is 0.467. The van der Waals surface area contributed by atoms with Crippen molar-refractivity contribution in [2.45, 2.75) is 46.6 Å². The van der Waals surface area contributed by atoms with Gasteiger partial charge in [-0.25, -0.2) is 4.39 Å². The van der Waals surface area contributed by atoms with Gasteiger partial charge < -0.3 is 4.74 Å². The molecule has 0 saturated heterocycles. The molecule has 92 valence electrons. The summed E-state index contributed by atoms with van der Waals surface area (Å²) in [5.41, 5.74) is 3.73. The SMILES string of the molecule is CC1=C(C)c2c(ccc(OC(C)(C)C)c2F)C1. The minimum absolute atomic E-state index is 0.216. The van der Waals surface area contributed by atoms with E-state index in [0.717, 1.165) is 23.1 Å². The Labute approximate surface area is 102 Å². The summed E-state index contributed by atoms with van der Waals surface area (Å²) in [6.45, 7) is 9.80. The molecule has 0 radical (unpaired) electrons. The maximum Gasteiger partial charge on any atom is 0.172 e. The first-order chi connectivity index (χ1) is 7.79. The minimum atomic E-state index is -0.375. The summed E-state index contributed by atoms with van der Waals surface area (Å²) < 4.78 is 20.0. The highest BCUT2D eigenvalue weighted by Crippen LogP contribution is 2.38. The van der Waals surface area contributed by atoms with Crippen molar-refractivity contribution in [1.82, 2.24) is 0 Å². The van der Waals surface area contributed by atoms with E-state index in [1.54, 1.807) is 6.07 Å². The van der Waals surface area contributed by atoms with Crippen molar-refractivity contribution in [2.75, 3.05) is 0 Å².